The fourth-order valence-electron chi connectivity index (χ4n) is 4.13. The molecule has 2 fully saturated rings. The minimum atomic E-state index is -1.49. The van der Waals surface area contributed by atoms with Crippen molar-refractivity contribution < 1.29 is 18.7 Å². The van der Waals surface area contributed by atoms with Crippen molar-refractivity contribution in [2.24, 2.45) is 5.92 Å². The van der Waals surface area contributed by atoms with Gasteiger partial charge in [0.1, 0.15) is 11.9 Å². The summed E-state index contributed by atoms with van der Waals surface area (Å²) in [6, 6.07) is 8.60. The van der Waals surface area contributed by atoms with E-state index < -0.39 is 12.1 Å². The number of hydrogen-bond donors (Lipinski definition) is 0. The van der Waals surface area contributed by atoms with Crippen molar-refractivity contribution in [1.29, 1.82) is 0 Å². The lowest BCUT2D eigenvalue weighted by molar-refractivity contribution is -0.157. The maximum Gasteiger partial charge on any atom is 0.340 e. The van der Waals surface area contributed by atoms with Gasteiger partial charge in [0.2, 0.25) is 0 Å². The number of hydrogen-bond acceptors (Lipinski definition) is 3. The zero-order valence-corrected chi connectivity index (χ0v) is 16.4. The Kier molecular flexibility index (Phi) is 7.54. The number of alkyl halides is 1. The molecule has 27 heavy (non-hydrogen) atoms. The molecule has 0 N–H and O–H groups in total. The van der Waals surface area contributed by atoms with Crippen LogP contribution in [0.25, 0.3) is 0 Å². The van der Waals surface area contributed by atoms with Gasteiger partial charge >= 0.3 is 5.97 Å². The fraction of sp³-hybridized carbons (Fsp3) is 0.652. The lowest BCUT2D eigenvalue weighted by Gasteiger charge is -2.28. The predicted octanol–water partition coefficient (Wildman–Crippen LogP) is 5.78. The molecule has 1 radical (unpaired) electrons. The van der Waals surface area contributed by atoms with Crippen molar-refractivity contribution in [3.63, 3.8) is 0 Å². The topological polar surface area (TPSA) is 35.5 Å². The second kappa shape index (κ2) is 10.1. The van der Waals surface area contributed by atoms with Crippen LogP contribution in [0.3, 0.4) is 0 Å². The highest BCUT2D eigenvalue weighted by Gasteiger charge is 2.27. The molecule has 4 heteroatoms. The molecule has 3 rings (SSSR count). The quantitative estimate of drug-likeness (QED) is 0.567. The molecule has 0 spiro atoms. The molecule has 0 amide bonds. The molecule has 2 aliphatic carbocycles. The van der Waals surface area contributed by atoms with Crippen molar-refractivity contribution in [2.75, 3.05) is 6.61 Å². The normalized spacial score (nSPS) is 25.0. The number of halogens is 1. The highest BCUT2D eigenvalue weighted by Crippen LogP contribution is 2.33. The molecular weight excluding hydrogens is 343 g/mol. The third kappa shape index (κ3) is 5.95. The number of carbonyl (C=O) groups is 1. The SMILES string of the molecule is CC[C@H](F)C(=O)O[C@H]1CC[C@H](COc2ccc(C3CC[CH]CC3)cc2)CC1. The highest BCUT2D eigenvalue weighted by atomic mass is 19.1. The second-order valence-electron chi connectivity index (χ2n) is 7.98. The van der Waals surface area contributed by atoms with Gasteiger partial charge in [-0.1, -0.05) is 19.1 Å². The standard InChI is InChI=1S/C23H32FO3/c1-2-22(24)23(25)27-21-12-8-17(9-13-21)16-26-20-14-10-19(11-15-20)18-6-4-3-5-7-18/h3,10-11,14-15,17-18,21-22H,2,4-9,12-13,16H2,1H3/t17-,21-,22-/m0/s1. The molecule has 0 heterocycles. The summed E-state index contributed by atoms with van der Waals surface area (Å²) in [7, 11) is 0. The van der Waals surface area contributed by atoms with Crippen LogP contribution in [-0.2, 0) is 9.53 Å². The Labute approximate surface area is 162 Å². The molecule has 3 nitrogen and oxygen atoms in total. The van der Waals surface area contributed by atoms with Gasteiger partial charge in [0.15, 0.2) is 6.17 Å². The lowest BCUT2D eigenvalue weighted by Crippen LogP contribution is -2.30. The summed E-state index contributed by atoms with van der Waals surface area (Å²) in [4.78, 5) is 11.6. The van der Waals surface area contributed by atoms with Crippen molar-refractivity contribution in [3.8, 4) is 5.75 Å². The van der Waals surface area contributed by atoms with E-state index in [1.165, 1.54) is 31.2 Å². The van der Waals surface area contributed by atoms with E-state index in [1.54, 1.807) is 6.92 Å². The van der Waals surface area contributed by atoms with Crippen molar-refractivity contribution in [2.45, 2.75) is 82.9 Å². The zero-order chi connectivity index (χ0) is 19.1. The van der Waals surface area contributed by atoms with Crippen LogP contribution >= 0.6 is 0 Å². The molecule has 1 atom stereocenters. The number of benzene rings is 1. The van der Waals surface area contributed by atoms with E-state index in [-0.39, 0.29) is 12.5 Å². The van der Waals surface area contributed by atoms with E-state index >= 15 is 0 Å². The van der Waals surface area contributed by atoms with Crippen LogP contribution in [-0.4, -0.2) is 24.9 Å². The van der Waals surface area contributed by atoms with Crippen LogP contribution in [0.4, 0.5) is 4.39 Å². The van der Waals surface area contributed by atoms with E-state index in [0.717, 1.165) is 31.4 Å². The Morgan fingerprint density at radius 1 is 1.07 bits per heavy atom. The predicted molar refractivity (Wildman–Crippen MR) is 104 cm³/mol. The summed E-state index contributed by atoms with van der Waals surface area (Å²) < 4.78 is 24.6. The molecular formula is C23H32FO3. The van der Waals surface area contributed by atoms with E-state index in [9.17, 15) is 9.18 Å². The first kappa shape index (κ1) is 20.2. The molecule has 0 unspecified atom stereocenters. The summed E-state index contributed by atoms with van der Waals surface area (Å²) in [5.41, 5.74) is 1.43. The van der Waals surface area contributed by atoms with Crippen molar-refractivity contribution >= 4 is 5.97 Å². The van der Waals surface area contributed by atoms with E-state index in [4.69, 9.17) is 9.47 Å². The summed E-state index contributed by atoms with van der Waals surface area (Å²) in [5, 5.41) is 0. The number of esters is 1. The van der Waals surface area contributed by atoms with Gasteiger partial charge in [-0.15, -0.1) is 0 Å². The molecule has 149 valence electrons. The molecule has 0 aliphatic heterocycles. The Balaban J connectivity index is 1.38. The molecule has 0 bridgehead atoms. The lowest BCUT2D eigenvalue weighted by atomic mass is 9.84. The molecule has 2 saturated carbocycles. The van der Waals surface area contributed by atoms with Gasteiger partial charge < -0.3 is 9.47 Å². The van der Waals surface area contributed by atoms with E-state index in [2.05, 4.69) is 30.7 Å². The first-order chi connectivity index (χ1) is 13.2. The van der Waals surface area contributed by atoms with Gasteiger partial charge in [-0.3, -0.25) is 0 Å². The molecule has 0 aromatic heterocycles. The van der Waals surface area contributed by atoms with Gasteiger partial charge in [0, 0.05) is 0 Å². The maximum absolute atomic E-state index is 13.3. The molecule has 1 aromatic rings. The van der Waals surface area contributed by atoms with E-state index in [1.807, 2.05) is 0 Å². The summed E-state index contributed by atoms with van der Waals surface area (Å²) in [5.74, 6) is 1.39. The Hall–Kier alpha value is -1.58. The molecule has 2 aliphatic rings. The molecule has 0 saturated heterocycles. The fourth-order valence-corrected chi connectivity index (χ4v) is 4.13. The smallest absolute Gasteiger partial charge is 0.340 e. The van der Waals surface area contributed by atoms with Gasteiger partial charge in [0.05, 0.1) is 6.61 Å². The van der Waals surface area contributed by atoms with Gasteiger partial charge in [-0.2, -0.15) is 0 Å². The van der Waals surface area contributed by atoms with Gasteiger partial charge in [-0.25, -0.2) is 9.18 Å². The van der Waals surface area contributed by atoms with E-state index in [0.29, 0.717) is 18.4 Å². The average molecular weight is 376 g/mol. The first-order valence-corrected chi connectivity index (χ1v) is 10.5. The zero-order valence-electron chi connectivity index (χ0n) is 16.4. The number of rotatable bonds is 7. The highest BCUT2D eigenvalue weighted by molar-refractivity contribution is 5.74. The minimum Gasteiger partial charge on any atom is -0.493 e. The van der Waals surface area contributed by atoms with Crippen LogP contribution in [0.5, 0.6) is 5.75 Å². The summed E-state index contributed by atoms with van der Waals surface area (Å²) in [6.45, 7) is 2.35. The first-order valence-electron chi connectivity index (χ1n) is 10.5. The van der Waals surface area contributed by atoms with Crippen molar-refractivity contribution in [3.05, 3.63) is 36.2 Å². The van der Waals surface area contributed by atoms with Gasteiger partial charge in [0.25, 0.3) is 0 Å². The second-order valence-corrected chi connectivity index (χ2v) is 7.98. The van der Waals surface area contributed by atoms with Crippen molar-refractivity contribution in [1.82, 2.24) is 0 Å². The van der Waals surface area contributed by atoms with Crippen LogP contribution in [0, 0.1) is 12.3 Å². The summed E-state index contributed by atoms with van der Waals surface area (Å²) >= 11 is 0. The van der Waals surface area contributed by atoms with Gasteiger partial charge in [-0.05, 0) is 93.7 Å². The largest absolute Gasteiger partial charge is 0.493 e. The Morgan fingerprint density at radius 3 is 2.37 bits per heavy atom. The van der Waals surface area contributed by atoms with Crippen LogP contribution in [0.15, 0.2) is 24.3 Å². The van der Waals surface area contributed by atoms with Crippen LogP contribution < -0.4 is 4.74 Å². The molecule has 1 aromatic carbocycles. The third-order valence-corrected chi connectivity index (χ3v) is 5.97. The number of ether oxygens (including phenoxy) is 2. The maximum atomic E-state index is 13.3. The average Bonchev–Trinajstić information content (AvgIpc) is 2.73. The third-order valence-electron chi connectivity index (χ3n) is 5.97. The Bertz CT molecular complexity index is 572. The minimum absolute atomic E-state index is 0.134. The number of carbonyl (C=O) groups excluding carboxylic acids is 1. The Morgan fingerprint density at radius 2 is 1.74 bits per heavy atom. The monoisotopic (exact) mass is 375 g/mol. The summed E-state index contributed by atoms with van der Waals surface area (Å²) in [6.07, 6.45) is 9.44. The van der Waals surface area contributed by atoms with Crippen LogP contribution in [0.2, 0.25) is 0 Å². The van der Waals surface area contributed by atoms with Crippen LogP contribution in [0.1, 0.15) is 76.2 Å².